The van der Waals surface area contributed by atoms with Crippen LogP contribution in [-0.4, -0.2) is 35.3 Å². The highest BCUT2D eigenvalue weighted by Crippen LogP contribution is 1.95. The minimum Gasteiger partial charge on any atom is -0.355 e. The van der Waals surface area contributed by atoms with E-state index in [0.717, 1.165) is 19.5 Å². The third-order valence-electron chi connectivity index (χ3n) is 2.16. The van der Waals surface area contributed by atoms with Gasteiger partial charge in [0.2, 0.25) is 5.91 Å². The first-order valence-electron chi connectivity index (χ1n) is 5.12. The molecule has 0 unspecified atom stereocenters. The van der Waals surface area contributed by atoms with Crippen LogP contribution in [-0.2, 0) is 18.3 Å². The van der Waals surface area contributed by atoms with E-state index in [1.165, 1.54) is 12.6 Å². The van der Waals surface area contributed by atoms with E-state index in [-0.39, 0.29) is 5.91 Å². The average Bonchev–Trinajstić information content (AvgIpc) is 2.57. The van der Waals surface area contributed by atoms with E-state index >= 15 is 0 Å². The second-order valence-electron chi connectivity index (χ2n) is 3.43. The molecule has 1 rings (SSSR count). The Labute approximate surface area is 89.9 Å². The lowest BCUT2D eigenvalue weighted by molar-refractivity contribution is -0.118. The Morgan fingerprint density at radius 2 is 2.27 bits per heavy atom. The van der Waals surface area contributed by atoms with Gasteiger partial charge in [0.15, 0.2) is 0 Å². The standard InChI is InChI=1S/C10H18N4O/c1-9(15)12-8-7-11-5-3-10-4-6-13-14(10)2/h4,6,11H,3,5,7-8H2,1-2H3,(H,12,15). The SMILES string of the molecule is CC(=O)NCCNCCc1ccnn1C. The van der Waals surface area contributed by atoms with Gasteiger partial charge in [-0.1, -0.05) is 0 Å². The first kappa shape index (κ1) is 11.7. The van der Waals surface area contributed by atoms with Gasteiger partial charge >= 0.3 is 0 Å². The number of carbonyl (C=O) groups is 1. The lowest BCUT2D eigenvalue weighted by Crippen LogP contribution is -2.31. The smallest absolute Gasteiger partial charge is 0.216 e. The number of hydrogen-bond donors (Lipinski definition) is 2. The van der Waals surface area contributed by atoms with Gasteiger partial charge in [-0.15, -0.1) is 0 Å². The molecular weight excluding hydrogens is 192 g/mol. The first-order valence-corrected chi connectivity index (χ1v) is 5.12. The van der Waals surface area contributed by atoms with E-state index < -0.39 is 0 Å². The van der Waals surface area contributed by atoms with E-state index in [1.54, 1.807) is 6.20 Å². The van der Waals surface area contributed by atoms with Crippen molar-refractivity contribution in [3.63, 3.8) is 0 Å². The van der Waals surface area contributed by atoms with Gasteiger partial charge in [0, 0.05) is 51.9 Å². The topological polar surface area (TPSA) is 59.0 Å². The summed E-state index contributed by atoms with van der Waals surface area (Å²) in [4.78, 5) is 10.6. The zero-order valence-corrected chi connectivity index (χ0v) is 9.29. The van der Waals surface area contributed by atoms with Crippen LogP contribution in [0.15, 0.2) is 12.3 Å². The van der Waals surface area contributed by atoms with Gasteiger partial charge in [0.25, 0.3) is 0 Å². The number of nitrogens with zero attached hydrogens (tertiary/aromatic N) is 2. The summed E-state index contributed by atoms with van der Waals surface area (Å²) in [6.07, 6.45) is 2.75. The van der Waals surface area contributed by atoms with Gasteiger partial charge < -0.3 is 10.6 Å². The number of nitrogens with one attached hydrogen (secondary N) is 2. The Hall–Kier alpha value is -1.36. The number of hydrogen-bond acceptors (Lipinski definition) is 3. The second kappa shape index (κ2) is 6.19. The number of aromatic nitrogens is 2. The largest absolute Gasteiger partial charge is 0.355 e. The molecule has 0 saturated heterocycles. The molecule has 0 saturated carbocycles. The second-order valence-corrected chi connectivity index (χ2v) is 3.43. The van der Waals surface area contributed by atoms with E-state index in [2.05, 4.69) is 15.7 Å². The van der Waals surface area contributed by atoms with Crippen molar-refractivity contribution >= 4 is 5.91 Å². The van der Waals surface area contributed by atoms with Crippen molar-refractivity contribution in [2.75, 3.05) is 19.6 Å². The van der Waals surface area contributed by atoms with Gasteiger partial charge in [-0.2, -0.15) is 5.10 Å². The van der Waals surface area contributed by atoms with Crippen molar-refractivity contribution in [1.29, 1.82) is 0 Å². The highest BCUT2D eigenvalue weighted by molar-refractivity contribution is 5.72. The molecule has 5 nitrogen and oxygen atoms in total. The van der Waals surface area contributed by atoms with Crippen LogP contribution < -0.4 is 10.6 Å². The van der Waals surface area contributed by atoms with Crippen LogP contribution in [0.4, 0.5) is 0 Å². The van der Waals surface area contributed by atoms with Crippen molar-refractivity contribution < 1.29 is 4.79 Å². The molecule has 0 aliphatic carbocycles. The molecule has 0 spiro atoms. The van der Waals surface area contributed by atoms with Crippen molar-refractivity contribution in [3.8, 4) is 0 Å². The van der Waals surface area contributed by atoms with Crippen LogP contribution in [0.25, 0.3) is 0 Å². The summed E-state index contributed by atoms with van der Waals surface area (Å²) >= 11 is 0. The zero-order valence-electron chi connectivity index (χ0n) is 9.29. The molecule has 0 aliphatic heterocycles. The van der Waals surface area contributed by atoms with Crippen LogP contribution in [0.3, 0.4) is 0 Å². The Morgan fingerprint density at radius 1 is 1.47 bits per heavy atom. The van der Waals surface area contributed by atoms with Gasteiger partial charge in [-0.3, -0.25) is 9.48 Å². The molecule has 84 valence electrons. The van der Waals surface area contributed by atoms with Crippen molar-refractivity contribution in [3.05, 3.63) is 18.0 Å². The summed E-state index contributed by atoms with van der Waals surface area (Å²) in [7, 11) is 1.94. The Morgan fingerprint density at radius 3 is 2.87 bits per heavy atom. The Bertz CT molecular complexity index is 308. The number of aryl methyl sites for hydroxylation is 1. The average molecular weight is 210 g/mol. The molecule has 1 amide bonds. The molecule has 0 radical (unpaired) electrons. The number of rotatable bonds is 6. The summed E-state index contributed by atoms with van der Waals surface area (Å²) in [6.45, 7) is 3.91. The molecular formula is C10H18N4O. The van der Waals surface area contributed by atoms with Crippen molar-refractivity contribution in [2.45, 2.75) is 13.3 Å². The lowest BCUT2D eigenvalue weighted by Gasteiger charge is -2.05. The molecule has 0 atom stereocenters. The normalized spacial score (nSPS) is 10.3. The van der Waals surface area contributed by atoms with Gasteiger partial charge in [-0.25, -0.2) is 0 Å². The summed E-state index contributed by atoms with van der Waals surface area (Å²) in [6, 6.07) is 2.01. The molecule has 0 aliphatic rings. The van der Waals surface area contributed by atoms with Crippen LogP contribution in [0.2, 0.25) is 0 Å². The quantitative estimate of drug-likeness (QED) is 0.633. The molecule has 0 aromatic carbocycles. The minimum atomic E-state index is 0.0171. The highest BCUT2D eigenvalue weighted by Gasteiger charge is 1.97. The molecule has 1 aromatic heterocycles. The third kappa shape index (κ3) is 4.60. The molecule has 15 heavy (non-hydrogen) atoms. The van der Waals surface area contributed by atoms with Gasteiger partial charge in [0.1, 0.15) is 0 Å². The predicted octanol–water partition coefficient (Wildman–Crippen LogP) is -0.312. The fourth-order valence-corrected chi connectivity index (χ4v) is 1.31. The summed E-state index contributed by atoms with van der Waals surface area (Å²) in [5, 5.41) is 10.1. The maximum absolute atomic E-state index is 10.6. The zero-order chi connectivity index (χ0) is 11.1. The minimum absolute atomic E-state index is 0.0171. The predicted molar refractivity (Wildman–Crippen MR) is 58.5 cm³/mol. The fraction of sp³-hybridized carbons (Fsp3) is 0.600. The monoisotopic (exact) mass is 210 g/mol. The molecule has 1 heterocycles. The lowest BCUT2D eigenvalue weighted by atomic mass is 10.3. The maximum atomic E-state index is 10.6. The van der Waals surface area contributed by atoms with E-state index in [4.69, 9.17) is 0 Å². The van der Waals surface area contributed by atoms with Crippen molar-refractivity contribution in [1.82, 2.24) is 20.4 Å². The van der Waals surface area contributed by atoms with Crippen LogP contribution in [0, 0.1) is 0 Å². The van der Waals surface area contributed by atoms with Gasteiger partial charge in [0.05, 0.1) is 0 Å². The van der Waals surface area contributed by atoms with Crippen molar-refractivity contribution in [2.24, 2.45) is 7.05 Å². The summed E-state index contributed by atoms with van der Waals surface area (Å²) in [5.41, 5.74) is 1.21. The molecule has 0 bridgehead atoms. The van der Waals surface area contributed by atoms with Gasteiger partial charge in [-0.05, 0) is 6.07 Å². The highest BCUT2D eigenvalue weighted by atomic mass is 16.1. The molecule has 2 N–H and O–H groups in total. The van der Waals surface area contributed by atoms with E-state index in [0.29, 0.717) is 6.54 Å². The fourth-order valence-electron chi connectivity index (χ4n) is 1.31. The molecule has 5 heteroatoms. The van der Waals surface area contributed by atoms with Crippen LogP contribution >= 0.6 is 0 Å². The third-order valence-corrected chi connectivity index (χ3v) is 2.16. The van der Waals surface area contributed by atoms with Crippen LogP contribution in [0.5, 0.6) is 0 Å². The first-order chi connectivity index (χ1) is 7.20. The van der Waals surface area contributed by atoms with E-state index in [9.17, 15) is 4.79 Å². The van der Waals surface area contributed by atoms with E-state index in [1.807, 2.05) is 17.8 Å². The molecule has 0 fully saturated rings. The summed E-state index contributed by atoms with van der Waals surface area (Å²) < 4.78 is 1.87. The molecule has 1 aromatic rings. The summed E-state index contributed by atoms with van der Waals surface area (Å²) in [5.74, 6) is 0.0171. The number of carbonyl (C=O) groups excluding carboxylic acids is 1. The maximum Gasteiger partial charge on any atom is 0.216 e. The Kier molecular flexibility index (Phi) is 4.83. The van der Waals surface area contributed by atoms with Crippen LogP contribution in [0.1, 0.15) is 12.6 Å². The Balaban J connectivity index is 2.03. The number of amides is 1.